The van der Waals surface area contributed by atoms with Crippen LogP contribution in [-0.2, 0) is 9.53 Å². The first-order valence-electron chi connectivity index (χ1n) is 10.2. The van der Waals surface area contributed by atoms with E-state index in [1.54, 1.807) is 0 Å². The molecule has 0 amide bonds. The van der Waals surface area contributed by atoms with Crippen molar-refractivity contribution in [2.45, 2.75) is 52.2 Å². The number of carboxylic acid groups (broad SMARTS) is 1. The van der Waals surface area contributed by atoms with Gasteiger partial charge in [0.2, 0.25) is 0 Å². The van der Waals surface area contributed by atoms with Gasteiger partial charge in [-0.2, -0.15) is 0 Å². The zero-order chi connectivity index (χ0) is 22.0. The predicted molar refractivity (Wildman–Crippen MR) is 122 cm³/mol. The molecule has 1 N–H and O–H groups in total. The highest BCUT2D eigenvalue weighted by atomic mass is 79.9. The number of rotatable bonds is 6. The third kappa shape index (κ3) is 4.79. The Kier molecular flexibility index (Phi) is 7.04. The molecule has 1 heterocycles. The van der Waals surface area contributed by atoms with Crippen molar-refractivity contribution in [1.82, 2.24) is 0 Å². The lowest BCUT2D eigenvalue weighted by atomic mass is 9.75. The molecule has 0 aromatic heterocycles. The minimum atomic E-state index is -1.01. The largest absolute Gasteiger partial charge is 0.480 e. The topological polar surface area (TPSA) is 55.8 Å². The molecule has 0 bridgehead atoms. The van der Waals surface area contributed by atoms with Crippen molar-refractivity contribution in [3.05, 3.63) is 75.3 Å². The molecule has 2 aromatic carbocycles. The van der Waals surface area contributed by atoms with E-state index in [1.807, 2.05) is 26.0 Å². The normalized spacial score (nSPS) is 23.8. The molecular weight excluding hydrogens is 444 g/mol. The van der Waals surface area contributed by atoms with E-state index in [0.717, 1.165) is 27.6 Å². The highest BCUT2D eigenvalue weighted by Gasteiger charge is 2.39. The Morgan fingerprint density at radius 2 is 1.97 bits per heavy atom. The van der Waals surface area contributed by atoms with Crippen LogP contribution in [0.5, 0.6) is 5.75 Å². The molecule has 2 aromatic rings. The van der Waals surface area contributed by atoms with Gasteiger partial charge in [0.05, 0.1) is 16.7 Å². The maximum Gasteiger partial charge on any atom is 0.341 e. The van der Waals surface area contributed by atoms with E-state index < -0.39 is 12.6 Å². The van der Waals surface area contributed by atoms with Gasteiger partial charge in [-0.05, 0) is 78.9 Å². The molecule has 4 nitrogen and oxygen atoms in total. The van der Waals surface area contributed by atoms with Crippen molar-refractivity contribution in [2.24, 2.45) is 5.92 Å². The third-order valence-electron chi connectivity index (χ3n) is 5.89. The number of benzene rings is 2. The van der Waals surface area contributed by atoms with Gasteiger partial charge in [-0.15, -0.1) is 0 Å². The maximum absolute atomic E-state index is 11.1. The number of aryl methyl sites for hydroxylation is 2. The second-order valence-electron chi connectivity index (χ2n) is 8.26. The van der Waals surface area contributed by atoms with Crippen LogP contribution in [0, 0.1) is 19.8 Å². The average molecular weight is 473 g/mol. The smallest absolute Gasteiger partial charge is 0.341 e. The van der Waals surface area contributed by atoms with Crippen LogP contribution in [0.25, 0.3) is 0 Å². The Labute approximate surface area is 187 Å². The number of aliphatic carboxylic acids is 1. The van der Waals surface area contributed by atoms with Gasteiger partial charge in [-0.3, -0.25) is 0 Å². The van der Waals surface area contributed by atoms with Crippen molar-refractivity contribution in [1.29, 1.82) is 0 Å². The molecule has 0 spiro atoms. The Morgan fingerprint density at radius 3 is 2.60 bits per heavy atom. The molecule has 1 fully saturated rings. The zero-order valence-corrected chi connectivity index (χ0v) is 19.5. The molecule has 0 unspecified atom stereocenters. The Morgan fingerprint density at radius 1 is 1.27 bits per heavy atom. The summed E-state index contributed by atoms with van der Waals surface area (Å²) >= 11 is 3.55. The van der Waals surface area contributed by atoms with Crippen LogP contribution in [0.3, 0.4) is 0 Å². The van der Waals surface area contributed by atoms with Crippen LogP contribution < -0.4 is 4.74 Å². The van der Waals surface area contributed by atoms with Gasteiger partial charge in [-0.1, -0.05) is 36.4 Å². The zero-order valence-electron chi connectivity index (χ0n) is 17.9. The molecule has 30 heavy (non-hydrogen) atoms. The molecule has 4 atom stereocenters. The summed E-state index contributed by atoms with van der Waals surface area (Å²) in [6.45, 7) is 12.1. The van der Waals surface area contributed by atoms with E-state index in [9.17, 15) is 4.79 Å². The van der Waals surface area contributed by atoms with Crippen molar-refractivity contribution < 1.29 is 19.4 Å². The summed E-state index contributed by atoms with van der Waals surface area (Å²) in [5.41, 5.74) is 5.54. The minimum Gasteiger partial charge on any atom is -0.480 e. The Balaban J connectivity index is 2.01. The summed E-state index contributed by atoms with van der Waals surface area (Å²) in [4.78, 5) is 11.1. The van der Waals surface area contributed by atoms with Crippen LogP contribution in [0.4, 0.5) is 0 Å². The summed E-state index contributed by atoms with van der Waals surface area (Å²) in [5.74, 6) is -0.129. The summed E-state index contributed by atoms with van der Waals surface area (Å²) in [5, 5.41) is 9.10. The van der Waals surface area contributed by atoms with Crippen LogP contribution >= 0.6 is 15.9 Å². The van der Waals surface area contributed by atoms with Crippen LogP contribution in [0.15, 0.2) is 53.0 Å². The monoisotopic (exact) mass is 472 g/mol. The molecule has 1 saturated heterocycles. The molecular formula is C25H29BrO4. The third-order valence-corrected chi connectivity index (χ3v) is 6.47. The summed E-state index contributed by atoms with van der Waals surface area (Å²) in [6.07, 6.45) is 0.659. The van der Waals surface area contributed by atoms with Crippen molar-refractivity contribution in [3.8, 4) is 5.75 Å². The summed E-state index contributed by atoms with van der Waals surface area (Å²) in [7, 11) is 0. The molecule has 5 heteroatoms. The predicted octanol–water partition coefficient (Wildman–Crippen LogP) is 6.36. The highest BCUT2D eigenvalue weighted by Crippen LogP contribution is 2.49. The minimum absolute atomic E-state index is 0.00156. The number of carbonyl (C=O) groups is 1. The summed E-state index contributed by atoms with van der Waals surface area (Å²) < 4.78 is 13.0. The van der Waals surface area contributed by atoms with E-state index in [-0.39, 0.29) is 24.0 Å². The number of hydrogen-bond acceptors (Lipinski definition) is 3. The molecule has 3 rings (SSSR count). The van der Waals surface area contributed by atoms with Crippen LogP contribution in [0.2, 0.25) is 0 Å². The van der Waals surface area contributed by atoms with Gasteiger partial charge in [0.15, 0.2) is 6.61 Å². The number of ether oxygens (including phenoxy) is 2. The molecule has 0 radical (unpaired) electrons. The molecule has 0 aliphatic carbocycles. The van der Waals surface area contributed by atoms with Crippen molar-refractivity contribution in [2.75, 3.05) is 6.61 Å². The first-order chi connectivity index (χ1) is 14.2. The molecule has 0 saturated carbocycles. The van der Waals surface area contributed by atoms with Gasteiger partial charge < -0.3 is 14.6 Å². The SMILES string of the molecule is C=C(C)[C@H]1C[C@H](c2ccccc2C)[C@H](C)O[C@@H]1c1cc(C)cc(Br)c1OCC(=O)O. The average Bonchev–Trinajstić information content (AvgIpc) is 2.67. The second-order valence-corrected chi connectivity index (χ2v) is 9.12. The van der Waals surface area contributed by atoms with E-state index in [2.05, 4.69) is 60.6 Å². The first-order valence-corrected chi connectivity index (χ1v) is 11.0. The lowest BCUT2D eigenvalue weighted by Gasteiger charge is -2.42. The Bertz CT molecular complexity index is 952. The number of carboxylic acids is 1. The van der Waals surface area contributed by atoms with Crippen molar-refractivity contribution in [3.63, 3.8) is 0 Å². The number of halogens is 1. The highest BCUT2D eigenvalue weighted by molar-refractivity contribution is 9.10. The van der Waals surface area contributed by atoms with Gasteiger partial charge in [-0.25, -0.2) is 4.79 Å². The van der Waals surface area contributed by atoms with Gasteiger partial charge >= 0.3 is 5.97 Å². The van der Waals surface area contributed by atoms with Crippen LogP contribution in [-0.4, -0.2) is 23.8 Å². The van der Waals surface area contributed by atoms with E-state index in [4.69, 9.17) is 14.6 Å². The quantitative estimate of drug-likeness (QED) is 0.497. The van der Waals surface area contributed by atoms with E-state index in [1.165, 1.54) is 11.1 Å². The van der Waals surface area contributed by atoms with E-state index >= 15 is 0 Å². The fourth-order valence-electron chi connectivity index (χ4n) is 4.40. The van der Waals surface area contributed by atoms with E-state index in [0.29, 0.717) is 5.75 Å². The lowest BCUT2D eigenvalue weighted by molar-refractivity contribution is -0.139. The van der Waals surface area contributed by atoms with Gasteiger partial charge in [0.1, 0.15) is 5.75 Å². The second kappa shape index (κ2) is 9.36. The molecule has 1 aliphatic heterocycles. The first kappa shape index (κ1) is 22.6. The standard InChI is InChI=1S/C25H29BrO4/c1-14(2)19-12-20(18-9-7-6-8-16(18)4)17(5)30-24(19)21-10-15(3)11-22(26)25(21)29-13-23(27)28/h6-11,17,19-20,24H,1,12-13H2,2-5H3,(H,27,28)/t17-,19+,20-,24-/m0/s1. The van der Waals surface area contributed by atoms with Gasteiger partial charge in [0.25, 0.3) is 0 Å². The van der Waals surface area contributed by atoms with Crippen LogP contribution in [0.1, 0.15) is 54.5 Å². The molecule has 1 aliphatic rings. The maximum atomic E-state index is 11.1. The van der Waals surface area contributed by atoms with Gasteiger partial charge in [0, 0.05) is 17.4 Å². The lowest BCUT2D eigenvalue weighted by Crippen LogP contribution is -2.35. The number of hydrogen-bond donors (Lipinski definition) is 1. The molecule has 160 valence electrons. The Hall–Kier alpha value is -2.11. The fourth-order valence-corrected chi connectivity index (χ4v) is 5.10. The summed E-state index contributed by atoms with van der Waals surface area (Å²) in [6, 6.07) is 12.4. The van der Waals surface area contributed by atoms with Crippen molar-refractivity contribution >= 4 is 21.9 Å². The fraction of sp³-hybridized carbons (Fsp3) is 0.400.